The fourth-order valence-corrected chi connectivity index (χ4v) is 4.97. The number of aldehydes is 1. The van der Waals surface area contributed by atoms with E-state index in [9.17, 15) is 14.7 Å². The second-order valence-corrected chi connectivity index (χ2v) is 9.27. The predicted octanol–water partition coefficient (Wildman–Crippen LogP) is 5.35. The standard InChI is InChI=1S/C30H29NO5/c1-20-6-2-3-7-23(20)28-25(24-12-13-27(33)26(19-32)29(24)36-30(28)34)18-21-8-10-22(11-9-21)35-17-16-31-14-4-5-15-31/h2-3,6-13,19,33H,4-5,14-18H2,1H3. The fraction of sp³-hybridized carbons (Fsp3) is 0.267. The second kappa shape index (κ2) is 10.4. The maximum atomic E-state index is 13.3. The van der Waals surface area contributed by atoms with E-state index in [0.717, 1.165) is 47.6 Å². The van der Waals surface area contributed by atoms with Crippen molar-refractivity contribution < 1.29 is 19.1 Å². The van der Waals surface area contributed by atoms with Crippen LogP contribution in [0.25, 0.3) is 22.1 Å². The van der Waals surface area contributed by atoms with E-state index >= 15 is 0 Å². The van der Waals surface area contributed by atoms with Crippen LogP contribution >= 0.6 is 0 Å². The van der Waals surface area contributed by atoms with E-state index in [0.29, 0.717) is 30.3 Å². The minimum atomic E-state index is -0.539. The summed E-state index contributed by atoms with van der Waals surface area (Å²) in [6, 6.07) is 18.7. The van der Waals surface area contributed by atoms with E-state index in [2.05, 4.69) is 4.90 Å². The van der Waals surface area contributed by atoms with Crippen LogP contribution in [0.4, 0.5) is 0 Å². The molecule has 3 aromatic carbocycles. The van der Waals surface area contributed by atoms with Gasteiger partial charge in [-0.25, -0.2) is 4.79 Å². The normalized spacial score (nSPS) is 13.8. The molecule has 0 unspecified atom stereocenters. The highest BCUT2D eigenvalue weighted by Gasteiger charge is 2.21. The van der Waals surface area contributed by atoms with Crippen LogP contribution in [0, 0.1) is 6.92 Å². The van der Waals surface area contributed by atoms with Gasteiger partial charge in [0, 0.05) is 11.9 Å². The van der Waals surface area contributed by atoms with Gasteiger partial charge in [0.05, 0.1) is 11.1 Å². The number of likely N-dealkylation sites (tertiary alicyclic amines) is 1. The summed E-state index contributed by atoms with van der Waals surface area (Å²) in [7, 11) is 0. The minimum absolute atomic E-state index is 0.0241. The number of phenolic OH excluding ortho intramolecular Hbond substituents is 1. The summed E-state index contributed by atoms with van der Waals surface area (Å²) in [5, 5.41) is 10.8. The molecule has 5 rings (SSSR count). The van der Waals surface area contributed by atoms with Crippen molar-refractivity contribution >= 4 is 17.3 Å². The molecule has 0 amide bonds. The molecule has 1 aliphatic heterocycles. The van der Waals surface area contributed by atoms with Gasteiger partial charge in [0.1, 0.15) is 18.1 Å². The van der Waals surface area contributed by atoms with Gasteiger partial charge < -0.3 is 14.3 Å². The average Bonchev–Trinajstić information content (AvgIpc) is 3.39. The van der Waals surface area contributed by atoms with Crippen molar-refractivity contribution in [2.75, 3.05) is 26.2 Å². The topological polar surface area (TPSA) is 80.0 Å². The zero-order valence-corrected chi connectivity index (χ0v) is 20.3. The van der Waals surface area contributed by atoms with Crippen molar-refractivity contribution in [1.29, 1.82) is 0 Å². The molecule has 0 radical (unpaired) electrons. The molecule has 1 fully saturated rings. The van der Waals surface area contributed by atoms with Gasteiger partial charge in [-0.3, -0.25) is 9.69 Å². The maximum absolute atomic E-state index is 13.3. The van der Waals surface area contributed by atoms with Crippen molar-refractivity contribution in [3.05, 3.63) is 93.3 Å². The molecule has 36 heavy (non-hydrogen) atoms. The summed E-state index contributed by atoms with van der Waals surface area (Å²) in [5.74, 6) is 0.591. The smallest absolute Gasteiger partial charge is 0.344 e. The Labute approximate surface area is 209 Å². The number of aromatic hydroxyl groups is 1. The Morgan fingerprint density at radius 1 is 1.03 bits per heavy atom. The van der Waals surface area contributed by atoms with Crippen molar-refractivity contribution in [2.45, 2.75) is 26.2 Å². The lowest BCUT2D eigenvalue weighted by atomic mass is 9.91. The third kappa shape index (κ3) is 4.77. The number of rotatable bonds is 8. The van der Waals surface area contributed by atoms with Crippen LogP contribution in [0.1, 0.15) is 39.9 Å². The van der Waals surface area contributed by atoms with Gasteiger partial charge in [-0.1, -0.05) is 36.4 Å². The Morgan fingerprint density at radius 3 is 2.50 bits per heavy atom. The number of hydrogen-bond donors (Lipinski definition) is 1. The highest BCUT2D eigenvalue weighted by molar-refractivity contribution is 6.00. The molecule has 6 heteroatoms. The molecule has 0 atom stereocenters. The average molecular weight is 484 g/mol. The maximum Gasteiger partial charge on any atom is 0.344 e. The first-order chi connectivity index (χ1) is 17.5. The number of phenols is 1. The Kier molecular flexibility index (Phi) is 6.87. The van der Waals surface area contributed by atoms with E-state index < -0.39 is 5.63 Å². The monoisotopic (exact) mass is 483 g/mol. The van der Waals surface area contributed by atoms with Gasteiger partial charge >= 0.3 is 5.63 Å². The molecule has 184 valence electrons. The van der Waals surface area contributed by atoms with Crippen LogP contribution in [0.3, 0.4) is 0 Å². The van der Waals surface area contributed by atoms with E-state index in [-0.39, 0.29) is 16.9 Å². The number of carbonyl (C=O) groups is 1. The summed E-state index contributed by atoms with van der Waals surface area (Å²) in [6.45, 7) is 5.82. The molecule has 0 spiro atoms. The van der Waals surface area contributed by atoms with Crippen LogP contribution < -0.4 is 10.4 Å². The van der Waals surface area contributed by atoms with Crippen molar-refractivity contribution in [1.82, 2.24) is 4.90 Å². The molecule has 1 N–H and O–H groups in total. The predicted molar refractivity (Wildman–Crippen MR) is 140 cm³/mol. The summed E-state index contributed by atoms with van der Waals surface area (Å²) in [4.78, 5) is 27.4. The molecule has 1 aliphatic rings. The van der Waals surface area contributed by atoms with E-state index in [1.165, 1.54) is 18.9 Å². The Hall–Kier alpha value is -3.90. The van der Waals surface area contributed by atoms with E-state index in [1.54, 1.807) is 6.07 Å². The molecule has 0 aliphatic carbocycles. The quantitative estimate of drug-likeness (QED) is 0.269. The lowest BCUT2D eigenvalue weighted by Gasteiger charge is -2.16. The molecule has 6 nitrogen and oxygen atoms in total. The van der Waals surface area contributed by atoms with Crippen molar-refractivity contribution in [2.24, 2.45) is 0 Å². The van der Waals surface area contributed by atoms with Crippen LogP contribution in [0.5, 0.6) is 11.5 Å². The molecule has 1 aromatic heterocycles. The van der Waals surface area contributed by atoms with Crippen molar-refractivity contribution in [3.8, 4) is 22.6 Å². The van der Waals surface area contributed by atoms with Gasteiger partial charge in [0.15, 0.2) is 11.9 Å². The number of hydrogen-bond acceptors (Lipinski definition) is 6. The fourth-order valence-electron chi connectivity index (χ4n) is 4.97. The second-order valence-electron chi connectivity index (χ2n) is 9.27. The zero-order chi connectivity index (χ0) is 25.1. The third-order valence-electron chi connectivity index (χ3n) is 6.91. The number of fused-ring (bicyclic) bond motifs is 1. The highest BCUT2D eigenvalue weighted by atomic mass is 16.5. The molecular formula is C30H29NO5. The third-order valence-corrected chi connectivity index (χ3v) is 6.91. The van der Waals surface area contributed by atoms with Gasteiger partial charge in [-0.2, -0.15) is 0 Å². The highest BCUT2D eigenvalue weighted by Crippen LogP contribution is 2.34. The Balaban J connectivity index is 1.51. The molecule has 0 bridgehead atoms. The first-order valence-electron chi connectivity index (χ1n) is 12.3. The van der Waals surface area contributed by atoms with Gasteiger partial charge in [-0.05, 0) is 85.8 Å². The lowest BCUT2D eigenvalue weighted by molar-refractivity contribution is 0.112. The molecular weight excluding hydrogens is 454 g/mol. The summed E-state index contributed by atoms with van der Waals surface area (Å²) in [5.41, 5.74) is 3.47. The van der Waals surface area contributed by atoms with Gasteiger partial charge in [-0.15, -0.1) is 0 Å². The SMILES string of the molecule is Cc1ccccc1-c1c(Cc2ccc(OCCN3CCCC3)cc2)c2ccc(O)c(C=O)c2oc1=O. The Morgan fingerprint density at radius 2 is 1.78 bits per heavy atom. The van der Waals surface area contributed by atoms with Crippen molar-refractivity contribution in [3.63, 3.8) is 0 Å². The first kappa shape index (κ1) is 23.8. The van der Waals surface area contributed by atoms with Crippen LogP contribution in [0.2, 0.25) is 0 Å². The molecule has 0 saturated carbocycles. The van der Waals surface area contributed by atoms with E-state index in [4.69, 9.17) is 9.15 Å². The largest absolute Gasteiger partial charge is 0.507 e. The van der Waals surface area contributed by atoms with Gasteiger partial charge in [0.2, 0.25) is 0 Å². The minimum Gasteiger partial charge on any atom is -0.507 e. The van der Waals surface area contributed by atoms with Crippen LogP contribution in [0.15, 0.2) is 69.9 Å². The number of ether oxygens (including phenoxy) is 1. The lowest BCUT2D eigenvalue weighted by Crippen LogP contribution is -2.25. The number of benzene rings is 3. The molecule has 4 aromatic rings. The summed E-state index contributed by atoms with van der Waals surface area (Å²) >= 11 is 0. The number of nitrogens with zero attached hydrogens (tertiary/aromatic N) is 1. The van der Waals surface area contributed by atoms with Gasteiger partial charge in [0.25, 0.3) is 0 Å². The molecule has 1 saturated heterocycles. The van der Waals surface area contributed by atoms with E-state index in [1.807, 2.05) is 55.5 Å². The van der Waals surface area contributed by atoms with Crippen LogP contribution in [-0.4, -0.2) is 42.5 Å². The first-order valence-corrected chi connectivity index (χ1v) is 12.3. The van der Waals surface area contributed by atoms with Crippen LogP contribution in [-0.2, 0) is 6.42 Å². The molecule has 2 heterocycles. The number of aryl methyl sites for hydroxylation is 1. The number of carbonyl (C=O) groups excluding carboxylic acids is 1. The summed E-state index contributed by atoms with van der Waals surface area (Å²) < 4.78 is 11.6. The Bertz CT molecular complexity index is 1450. The zero-order valence-electron chi connectivity index (χ0n) is 20.3. The summed E-state index contributed by atoms with van der Waals surface area (Å²) in [6.07, 6.45) is 3.49.